The van der Waals surface area contributed by atoms with Crippen LogP contribution < -0.4 is 0 Å². The summed E-state index contributed by atoms with van der Waals surface area (Å²) >= 11 is 0. The largest absolute Gasteiger partial charge is 0.479 e. The minimum absolute atomic E-state index is 0.0703. The number of H-pyrrole nitrogens is 1. The normalized spacial score (nSPS) is 21.6. The first-order valence-corrected chi connectivity index (χ1v) is 11.4. The zero-order chi connectivity index (χ0) is 23.4. The second-order valence-corrected chi connectivity index (χ2v) is 9.01. The molecule has 2 aliphatic rings. The van der Waals surface area contributed by atoms with E-state index >= 15 is 4.39 Å². The topological polar surface area (TPSA) is 89.4 Å². The van der Waals surface area contributed by atoms with Crippen molar-refractivity contribution >= 4 is 27.8 Å². The van der Waals surface area contributed by atoms with Crippen LogP contribution in [0.3, 0.4) is 0 Å². The van der Waals surface area contributed by atoms with Crippen LogP contribution in [0.4, 0.5) is 8.78 Å². The number of nitrogens with zero attached hydrogens (tertiary/aromatic N) is 2. The molecule has 0 saturated carbocycles. The minimum atomic E-state index is -1.02. The highest BCUT2D eigenvalue weighted by Gasteiger charge is 2.38. The number of hydrogen-bond acceptors (Lipinski definition) is 4. The third-order valence-corrected chi connectivity index (χ3v) is 7.06. The number of aromatic amines is 1. The number of ether oxygens (including phenoxy) is 2. The van der Waals surface area contributed by atoms with Gasteiger partial charge in [0.05, 0.1) is 18.3 Å². The zero-order valence-corrected chi connectivity index (χ0v) is 18.3. The summed E-state index contributed by atoms with van der Waals surface area (Å²) < 4.78 is 43.1. The summed E-state index contributed by atoms with van der Waals surface area (Å²) in [6.07, 6.45) is 2.40. The van der Waals surface area contributed by atoms with Crippen LogP contribution in [-0.4, -0.2) is 51.8 Å². The van der Waals surface area contributed by atoms with E-state index in [0.29, 0.717) is 35.0 Å². The van der Waals surface area contributed by atoms with Gasteiger partial charge in [0.25, 0.3) is 0 Å². The van der Waals surface area contributed by atoms with Gasteiger partial charge in [-0.05, 0) is 55.2 Å². The van der Waals surface area contributed by atoms with Crippen LogP contribution in [0.5, 0.6) is 0 Å². The van der Waals surface area contributed by atoms with Crippen molar-refractivity contribution in [1.82, 2.24) is 14.8 Å². The van der Waals surface area contributed by atoms with Gasteiger partial charge in [-0.1, -0.05) is 0 Å². The predicted molar refractivity (Wildman–Crippen MR) is 120 cm³/mol. The first-order valence-electron chi connectivity index (χ1n) is 11.4. The van der Waals surface area contributed by atoms with Crippen LogP contribution in [0, 0.1) is 11.6 Å². The number of carbonyl (C=O) groups is 1. The first-order chi connectivity index (χ1) is 16.5. The molecule has 2 N–H and O–H groups in total. The van der Waals surface area contributed by atoms with Gasteiger partial charge in [-0.2, -0.15) is 5.10 Å². The third kappa shape index (κ3) is 3.30. The SMILES string of the molecule is O=C(O)C1CC(c2c(C3CCOCC3)n(-c3ccc(F)cc3)c3cc4cn[nH]c4c(F)c23)CO1. The number of carboxylic acid groups (broad SMARTS) is 1. The monoisotopic (exact) mass is 467 g/mol. The maximum absolute atomic E-state index is 16.1. The Morgan fingerprint density at radius 2 is 1.91 bits per heavy atom. The molecule has 2 aromatic carbocycles. The molecule has 0 radical (unpaired) electrons. The number of fused-ring (bicyclic) bond motifs is 2. The van der Waals surface area contributed by atoms with Crippen LogP contribution >= 0.6 is 0 Å². The predicted octanol–water partition coefficient (Wildman–Crippen LogP) is 4.64. The molecule has 0 bridgehead atoms. The molecule has 6 rings (SSSR count). The number of rotatable bonds is 4. The van der Waals surface area contributed by atoms with Crippen molar-refractivity contribution in [3.05, 3.63) is 59.4 Å². The minimum Gasteiger partial charge on any atom is -0.479 e. The Labute approximate surface area is 193 Å². The molecule has 2 fully saturated rings. The molecule has 2 aliphatic heterocycles. The van der Waals surface area contributed by atoms with Crippen LogP contribution in [0.15, 0.2) is 36.5 Å². The molecule has 4 aromatic rings. The van der Waals surface area contributed by atoms with E-state index < -0.39 is 17.9 Å². The van der Waals surface area contributed by atoms with E-state index in [9.17, 15) is 14.3 Å². The highest BCUT2D eigenvalue weighted by Crippen LogP contribution is 2.46. The Kier molecular flexibility index (Phi) is 5.11. The molecular formula is C25H23F2N3O4. The van der Waals surface area contributed by atoms with E-state index in [1.165, 1.54) is 12.1 Å². The lowest BCUT2D eigenvalue weighted by Crippen LogP contribution is -2.19. The average Bonchev–Trinajstić information content (AvgIpc) is 3.58. The zero-order valence-electron chi connectivity index (χ0n) is 18.3. The Morgan fingerprint density at radius 1 is 1.15 bits per heavy atom. The standard InChI is InChI=1S/C25H23F2N3O4/c26-16-1-3-17(4-2-16)30-18-9-14-11-28-29-23(14)22(27)21(18)20(15-10-19(25(31)32)34-12-15)24(30)13-5-7-33-8-6-13/h1-4,9,11,13,15,19H,5-8,10,12H2,(H,28,29)(H,31,32). The first kappa shape index (κ1) is 21.2. The van der Waals surface area contributed by atoms with Gasteiger partial charge in [0.15, 0.2) is 11.9 Å². The number of benzene rings is 2. The lowest BCUT2D eigenvalue weighted by atomic mass is 9.86. The molecule has 0 spiro atoms. The lowest BCUT2D eigenvalue weighted by Gasteiger charge is -2.26. The summed E-state index contributed by atoms with van der Waals surface area (Å²) in [6, 6.07) is 8.03. The van der Waals surface area contributed by atoms with Crippen molar-refractivity contribution in [2.24, 2.45) is 0 Å². The molecule has 7 nitrogen and oxygen atoms in total. The molecule has 2 aromatic heterocycles. The van der Waals surface area contributed by atoms with Gasteiger partial charge in [-0.15, -0.1) is 0 Å². The van der Waals surface area contributed by atoms with Crippen LogP contribution in [0.25, 0.3) is 27.5 Å². The number of aliphatic carboxylic acids is 1. The fourth-order valence-corrected chi connectivity index (χ4v) is 5.50. The number of carboxylic acids is 1. The summed E-state index contributed by atoms with van der Waals surface area (Å²) in [5.74, 6) is -2.02. The Balaban J connectivity index is 1.69. The van der Waals surface area contributed by atoms with E-state index in [1.54, 1.807) is 18.3 Å². The molecule has 4 heterocycles. The lowest BCUT2D eigenvalue weighted by molar-refractivity contribution is -0.147. The fourth-order valence-electron chi connectivity index (χ4n) is 5.50. The highest BCUT2D eigenvalue weighted by molar-refractivity contribution is 6.00. The fraction of sp³-hybridized carbons (Fsp3) is 0.360. The van der Waals surface area contributed by atoms with E-state index in [2.05, 4.69) is 10.2 Å². The van der Waals surface area contributed by atoms with Gasteiger partial charge in [0, 0.05) is 47.2 Å². The van der Waals surface area contributed by atoms with Gasteiger partial charge in [0.2, 0.25) is 0 Å². The number of nitrogens with one attached hydrogen (secondary N) is 1. The Bertz CT molecular complexity index is 1390. The van der Waals surface area contributed by atoms with Gasteiger partial charge >= 0.3 is 5.97 Å². The van der Waals surface area contributed by atoms with Crippen molar-refractivity contribution in [2.75, 3.05) is 19.8 Å². The van der Waals surface area contributed by atoms with Gasteiger partial charge < -0.3 is 19.1 Å². The second kappa shape index (κ2) is 8.18. The second-order valence-electron chi connectivity index (χ2n) is 9.01. The van der Waals surface area contributed by atoms with E-state index in [0.717, 1.165) is 29.8 Å². The quantitative estimate of drug-likeness (QED) is 0.457. The molecule has 176 valence electrons. The molecular weight excluding hydrogens is 444 g/mol. The summed E-state index contributed by atoms with van der Waals surface area (Å²) in [5, 5.41) is 17.3. The Morgan fingerprint density at radius 3 is 2.62 bits per heavy atom. The van der Waals surface area contributed by atoms with E-state index in [-0.39, 0.29) is 30.7 Å². The molecule has 2 atom stereocenters. The van der Waals surface area contributed by atoms with Crippen LogP contribution in [0.1, 0.15) is 42.4 Å². The van der Waals surface area contributed by atoms with Crippen LogP contribution in [0.2, 0.25) is 0 Å². The maximum Gasteiger partial charge on any atom is 0.332 e. The smallest absolute Gasteiger partial charge is 0.332 e. The molecule has 2 unspecified atom stereocenters. The Hall–Kier alpha value is -3.30. The van der Waals surface area contributed by atoms with Crippen molar-refractivity contribution in [1.29, 1.82) is 0 Å². The maximum atomic E-state index is 16.1. The van der Waals surface area contributed by atoms with Crippen molar-refractivity contribution in [3.63, 3.8) is 0 Å². The number of aromatic nitrogens is 3. The van der Waals surface area contributed by atoms with E-state index in [1.807, 2.05) is 10.6 Å². The summed E-state index contributed by atoms with van der Waals surface area (Å²) in [7, 11) is 0. The average molecular weight is 467 g/mol. The number of halogens is 2. The highest BCUT2D eigenvalue weighted by atomic mass is 19.1. The molecule has 2 saturated heterocycles. The van der Waals surface area contributed by atoms with Crippen LogP contribution in [-0.2, 0) is 14.3 Å². The van der Waals surface area contributed by atoms with Crippen molar-refractivity contribution in [2.45, 2.75) is 37.2 Å². The third-order valence-electron chi connectivity index (χ3n) is 7.06. The molecule has 34 heavy (non-hydrogen) atoms. The van der Waals surface area contributed by atoms with Gasteiger partial charge in [0.1, 0.15) is 11.3 Å². The van der Waals surface area contributed by atoms with Crippen molar-refractivity contribution < 1.29 is 28.2 Å². The van der Waals surface area contributed by atoms with E-state index in [4.69, 9.17) is 9.47 Å². The molecule has 0 aliphatic carbocycles. The van der Waals surface area contributed by atoms with Crippen molar-refractivity contribution in [3.8, 4) is 5.69 Å². The summed E-state index contributed by atoms with van der Waals surface area (Å²) in [4.78, 5) is 11.6. The summed E-state index contributed by atoms with van der Waals surface area (Å²) in [6.45, 7) is 1.36. The molecule has 9 heteroatoms. The molecule has 0 amide bonds. The van der Waals surface area contributed by atoms with Gasteiger partial charge in [-0.25, -0.2) is 13.6 Å². The number of hydrogen-bond donors (Lipinski definition) is 2. The summed E-state index contributed by atoms with van der Waals surface area (Å²) in [5.41, 5.74) is 3.36. The van der Waals surface area contributed by atoms with Gasteiger partial charge in [-0.3, -0.25) is 5.10 Å².